The van der Waals surface area contributed by atoms with Crippen LogP contribution in [0.2, 0.25) is 0 Å². The number of nitrogens with zero attached hydrogens (tertiary/aromatic N) is 1. The Morgan fingerprint density at radius 2 is 1.61 bits per heavy atom. The Bertz CT molecular complexity index is 1380. The normalized spacial score (nSPS) is 19.5. The fraction of sp³-hybridized carbons (Fsp3) is 0.394. The topological polar surface area (TPSA) is 84.2 Å². The fourth-order valence-electron chi connectivity index (χ4n) is 5.25. The number of esters is 1. The van der Waals surface area contributed by atoms with Crippen LogP contribution in [0.1, 0.15) is 80.2 Å². The van der Waals surface area contributed by atoms with E-state index in [1.54, 1.807) is 46.8 Å². The van der Waals surface area contributed by atoms with Crippen molar-refractivity contribution in [3.05, 3.63) is 81.0 Å². The van der Waals surface area contributed by atoms with E-state index in [0.717, 1.165) is 29.6 Å². The average molecular weight is 512 g/mol. The quantitative estimate of drug-likeness (QED) is 0.172. The maximum Gasteiger partial charge on any atom is 0.312 e. The van der Waals surface area contributed by atoms with Gasteiger partial charge >= 0.3 is 5.97 Å². The maximum absolute atomic E-state index is 12.9. The molecule has 0 unspecified atom stereocenters. The predicted octanol–water partition coefficient (Wildman–Crippen LogP) is 7.41. The van der Waals surface area contributed by atoms with Gasteiger partial charge in [-0.05, 0) is 74.8 Å². The summed E-state index contributed by atoms with van der Waals surface area (Å²) in [5.41, 5.74) is 4.88. The van der Waals surface area contributed by atoms with Gasteiger partial charge in [-0.1, -0.05) is 58.1 Å². The van der Waals surface area contributed by atoms with Gasteiger partial charge < -0.3 is 4.74 Å². The highest BCUT2D eigenvalue weighted by Crippen LogP contribution is 2.40. The molecule has 0 atom stereocenters. The minimum Gasteiger partial charge on any atom is -0.427 e. The maximum atomic E-state index is 12.9. The van der Waals surface area contributed by atoms with Gasteiger partial charge in [0.1, 0.15) is 5.75 Å². The first kappa shape index (κ1) is 28.8. The third kappa shape index (κ3) is 6.37. The second kappa shape index (κ2) is 10.9. The second-order valence-electron chi connectivity index (χ2n) is 11.8. The van der Waals surface area contributed by atoms with Crippen molar-refractivity contribution in [2.24, 2.45) is 10.8 Å². The SMILES string of the molecule is CC1=C(C)C(=O)C(C(C)(C)CC(=O)Oc2ccc(/C=C/C3=CC(=C(/C)C#N)/CC(C)(C)C3)cc2)=C(C)C1=O. The molecule has 2 aliphatic rings. The number of ketones is 2. The van der Waals surface area contributed by atoms with Crippen molar-refractivity contribution in [1.82, 2.24) is 0 Å². The Hall–Kier alpha value is -3.78. The van der Waals surface area contributed by atoms with Crippen molar-refractivity contribution in [3.63, 3.8) is 0 Å². The molecule has 0 saturated heterocycles. The summed E-state index contributed by atoms with van der Waals surface area (Å²) in [5, 5.41) is 9.30. The molecule has 38 heavy (non-hydrogen) atoms. The minimum atomic E-state index is -0.850. The van der Waals surface area contributed by atoms with Gasteiger partial charge in [0.25, 0.3) is 0 Å². The van der Waals surface area contributed by atoms with Crippen LogP contribution in [0.4, 0.5) is 0 Å². The van der Waals surface area contributed by atoms with Gasteiger partial charge in [0.15, 0.2) is 11.6 Å². The van der Waals surface area contributed by atoms with E-state index in [0.29, 0.717) is 28.0 Å². The van der Waals surface area contributed by atoms with E-state index in [2.05, 4.69) is 32.1 Å². The lowest BCUT2D eigenvalue weighted by Crippen LogP contribution is -2.32. The van der Waals surface area contributed by atoms with Gasteiger partial charge in [-0.2, -0.15) is 5.26 Å². The molecule has 0 spiro atoms. The van der Waals surface area contributed by atoms with Crippen LogP contribution in [-0.4, -0.2) is 17.5 Å². The lowest BCUT2D eigenvalue weighted by molar-refractivity contribution is -0.136. The summed E-state index contributed by atoms with van der Waals surface area (Å²) in [4.78, 5) is 38.3. The van der Waals surface area contributed by atoms with E-state index in [4.69, 9.17) is 4.74 Å². The lowest BCUT2D eigenvalue weighted by atomic mass is 9.71. The first-order valence-corrected chi connectivity index (χ1v) is 12.9. The number of allylic oxidation sites excluding steroid dienone is 9. The number of benzene rings is 1. The van der Waals surface area contributed by atoms with Crippen LogP contribution in [0.15, 0.2) is 75.4 Å². The molecule has 0 heterocycles. The van der Waals surface area contributed by atoms with Crippen molar-refractivity contribution in [2.75, 3.05) is 0 Å². The van der Waals surface area contributed by atoms with E-state index in [1.165, 1.54) is 5.57 Å². The van der Waals surface area contributed by atoms with Crippen LogP contribution < -0.4 is 4.74 Å². The van der Waals surface area contributed by atoms with Gasteiger partial charge in [0, 0.05) is 33.3 Å². The Kier molecular flexibility index (Phi) is 8.27. The van der Waals surface area contributed by atoms with Crippen LogP contribution in [0.3, 0.4) is 0 Å². The highest BCUT2D eigenvalue weighted by atomic mass is 16.5. The molecule has 2 aliphatic carbocycles. The Balaban J connectivity index is 1.69. The van der Waals surface area contributed by atoms with E-state index in [9.17, 15) is 19.6 Å². The first-order valence-electron chi connectivity index (χ1n) is 12.9. The smallest absolute Gasteiger partial charge is 0.312 e. The number of carbonyl (C=O) groups is 3. The summed E-state index contributed by atoms with van der Waals surface area (Å²) in [6.07, 6.45) is 7.98. The molecule has 0 amide bonds. The molecule has 0 saturated carbocycles. The van der Waals surface area contributed by atoms with Crippen molar-refractivity contribution in [3.8, 4) is 11.8 Å². The molecule has 0 aromatic heterocycles. The third-order valence-electron chi connectivity index (χ3n) is 7.41. The molecule has 0 N–H and O–H groups in total. The van der Waals surface area contributed by atoms with Crippen molar-refractivity contribution in [2.45, 2.75) is 74.7 Å². The van der Waals surface area contributed by atoms with Crippen LogP contribution in [0, 0.1) is 22.2 Å². The van der Waals surface area contributed by atoms with Crippen molar-refractivity contribution in [1.29, 1.82) is 5.26 Å². The standard InChI is InChI=1S/C33H37NO4/c1-20(19-34)26-15-25(16-32(5,6)17-26)10-9-24-11-13-27(14-12-24)38-28(35)18-33(7,8)29-23(4)30(36)21(2)22(3)31(29)37/h9-15H,16-18H2,1-8H3/b10-9+,26-20+. The molecule has 5 nitrogen and oxygen atoms in total. The molecular weight excluding hydrogens is 474 g/mol. The third-order valence-corrected chi connectivity index (χ3v) is 7.41. The van der Waals surface area contributed by atoms with Gasteiger partial charge in [-0.15, -0.1) is 0 Å². The number of nitriles is 1. The molecule has 198 valence electrons. The number of ether oxygens (including phenoxy) is 1. The molecule has 1 aromatic carbocycles. The summed E-state index contributed by atoms with van der Waals surface area (Å²) >= 11 is 0. The largest absolute Gasteiger partial charge is 0.427 e. The summed E-state index contributed by atoms with van der Waals surface area (Å²) in [6, 6.07) is 9.50. The van der Waals surface area contributed by atoms with Gasteiger partial charge in [0.2, 0.25) is 0 Å². The number of Topliss-reactive ketones (excluding diaryl/α,β-unsaturated/α-hetero) is 2. The van der Waals surface area contributed by atoms with Gasteiger partial charge in [-0.3, -0.25) is 14.4 Å². The van der Waals surface area contributed by atoms with Crippen LogP contribution in [0.5, 0.6) is 5.75 Å². The average Bonchev–Trinajstić information content (AvgIpc) is 2.84. The van der Waals surface area contributed by atoms with E-state index >= 15 is 0 Å². The lowest BCUT2D eigenvalue weighted by Gasteiger charge is -2.31. The summed E-state index contributed by atoms with van der Waals surface area (Å²) in [6.45, 7) is 14.8. The Labute approximate surface area is 226 Å². The minimum absolute atomic E-state index is 0.0332. The van der Waals surface area contributed by atoms with Gasteiger partial charge in [0.05, 0.1) is 12.5 Å². The Morgan fingerprint density at radius 1 is 1.00 bits per heavy atom. The number of hydrogen-bond acceptors (Lipinski definition) is 5. The van der Waals surface area contributed by atoms with Gasteiger partial charge in [-0.25, -0.2) is 0 Å². The molecule has 0 radical (unpaired) electrons. The second-order valence-corrected chi connectivity index (χ2v) is 11.8. The zero-order chi connectivity index (χ0) is 28.4. The van der Waals surface area contributed by atoms with Crippen LogP contribution in [-0.2, 0) is 14.4 Å². The summed E-state index contributed by atoms with van der Waals surface area (Å²) in [7, 11) is 0. The van der Waals surface area contributed by atoms with E-state index < -0.39 is 11.4 Å². The monoisotopic (exact) mass is 511 g/mol. The van der Waals surface area contributed by atoms with Crippen LogP contribution in [0.25, 0.3) is 6.08 Å². The highest BCUT2D eigenvalue weighted by Gasteiger charge is 2.38. The predicted molar refractivity (Wildman–Crippen MR) is 150 cm³/mol. The fourth-order valence-corrected chi connectivity index (χ4v) is 5.25. The number of hydrogen-bond donors (Lipinski definition) is 0. The molecular formula is C33H37NO4. The number of rotatable bonds is 6. The molecule has 1 aromatic rings. The number of carbonyl (C=O) groups excluding carboxylic acids is 3. The molecule has 0 bridgehead atoms. The summed E-state index contributed by atoms with van der Waals surface area (Å²) in [5.74, 6) is -0.387. The molecule has 3 rings (SSSR count). The Morgan fingerprint density at radius 3 is 2.21 bits per heavy atom. The highest BCUT2D eigenvalue weighted by molar-refractivity contribution is 6.25. The molecule has 0 fully saturated rings. The van der Waals surface area contributed by atoms with E-state index in [-0.39, 0.29) is 23.4 Å². The zero-order valence-corrected chi connectivity index (χ0v) is 23.7. The van der Waals surface area contributed by atoms with Crippen LogP contribution >= 0.6 is 0 Å². The molecule has 5 heteroatoms. The van der Waals surface area contributed by atoms with E-state index in [1.807, 2.05) is 25.1 Å². The first-order chi connectivity index (χ1) is 17.6. The van der Waals surface area contributed by atoms with Crippen molar-refractivity contribution < 1.29 is 19.1 Å². The molecule has 0 aliphatic heterocycles. The summed E-state index contributed by atoms with van der Waals surface area (Å²) < 4.78 is 5.57. The van der Waals surface area contributed by atoms with Crippen molar-refractivity contribution >= 4 is 23.6 Å². The zero-order valence-electron chi connectivity index (χ0n) is 23.7.